The fraction of sp³-hybridized carbons (Fsp3) is 0.389. The molecule has 1 heterocycles. The highest BCUT2D eigenvalue weighted by Crippen LogP contribution is 2.29. The third-order valence-electron chi connectivity index (χ3n) is 3.36. The number of carbonyl (C=O) groups is 1. The topological polar surface area (TPSA) is 26.3 Å². The van der Waals surface area contributed by atoms with Gasteiger partial charge in [0.05, 0.1) is 6.61 Å². The maximum Gasteiger partial charge on any atom is 0.305 e. The molecule has 2 rings (SSSR count). The van der Waals surface area contributed by atoms with Crippen LogP contribution in [-0.4, -0.2) is 12.6 Å². The lowest BCUT2D eigenvalue weighted by Gasteiger charge is -2.01. The summed E-state index contributed by atoms with van der Waals surface area (Å²) in [6, 6.07) is 13.0. The summed E-state index contributed by atoms with van der Waals surface area (Å²) in [6.07, 6.45) is 3.50. The number of aryl methyl sites for hydroxylation is 2. The number of carbonyl (C=O) groups excluding carboxylic acids is 1. The zero-order chi connectivity index (χ0) is 15.1. The average molecular weight is 302 g/mol. The fourth-order valence-corrected chi connectivity index (χ4v) is 3.24. The highest BCUT2D eigenvalue weighted by molar-refractivity contribution is 7.15. The molecule has 0 aliphatic rings. The van der Waals surface area contributed by atoms with E-state index in [1.54, 1.807) is 0 Å². The Labute approximate surface area is 130 Å². The van der Waals surface area contributed by atoms with E-state index in [9.17, 15) is 4.79 Å². The molecular weight excluding hydrogens is 280 g/mol. The van der Waals surface area contributed by atoms with Crippen LogP contribution in [0.4, 0.5) is 0 Å². The first-order valence-electron chi connectivity index (χ1n) is 7.50. The van der Waals surface area contributed by atoms with E-state index in [4.69, 9.17) is 4.74 Å². The summed E-state index contributed by atoms with van der Waals surface area (Å²) in [7, 11) is 0. The number of ether oxygens (including phenoxy) is 1. The quantitative estimate of drug-likeness (QED) is 0.531. The summed E-state index contributed by atoms with van der Waals surface area (Å²) in [5.41, 5.74) is 2.57. The molecule has 0 aliphatic heterocycles. The summed E-state index contributed by atoms with van der Waals surface area (Å²) in [4.78, 5) is 14.0. The maximum absolute atomic E-state index is 11.3. The molecule has 0 N–H and O–H groups in total. The molecule has 0 atom stereocenters. The van der Waals surface area contributed by atoms with E-state index in [0.29, 0.717) is 13.0 Å². The Morgan fingerprint density at radius 1 is 1.10 bits per heavy atom. The van der Waals surface area contributed by atoms with Gasteiger partial charge in [-0.15, -0.1) is 11.3 Å². The smallest absolute Gasteiger partial charge is 0.305 e. The van der Waals surface area contributed by atoms with Gasteiger partial charge in [0.15, 0.2) is 0 Å². The second-order valence-corrected chi connectivity index (χ2v) is 6.31. The molecule has 21 heavy (non-hydrogen) atoms. The third-order valence-corrected chi connectivity index (χ3v) is 4.55. The van der Waals surface area contributed by atoms with E-state index in [1.807, 2.05) is 18.3 Å². The lowest BCUT2D eigenvalue weighted by molar-refractivity contribution is -0.143. The van der Waals surface area contributed by atoms with Gasteiger partial charge in [-0.25, -0.2) is 0 Å². The molecule has 1 aromatic carbocycles. The summed E-state index contributed by atoms with van der Waals surface area (Å²) < 4.78 is 4.93. The number of benzene rings is 1. The van der Waals surface area contributed by atoms with Crippen molar-refractivity contribution in [3.63, 3.8) is 0 Å². The highest BCUT2D eigenvalue weighted by Gasteiger charge is 2.04. The van der Waals surface area contributed by atoms with Gasteiger partial charge in [-0.2, -0.15) is 0 Å². The first-order chi connectivity index (χ1) is 10.2. The van der Waals surface area contributed by atoms with Crippen LogP contribution in [0.3, 0.4) is 0 Å². The van der Waals surface area contributed by atoms with Crippen LogP contribution in [-0.2, 0) is 16.0 Å². The Balaban J connectivity index is 1.81. The number of unbranched alkanes of at least 4 members (excludes halogenated alkanes) is 1. The molecule has 3 heteroatoms. The number of hydrogen-bond acceptors (Lipinski definition) is 3. The van der Waals surface area contributed by atoms with Crippen LogP contribution in [0.2, 0.25) is 0 Å². The predicted molar refractivity (Wildman–Crippen MR) is 88.7 cm³/mol. The van der Waals surface area contributed by atoms with Crippen LogP contribution in [0.1, 0.15) is 36.6 Å². The van der Waals surface area contributed by atoms with Crippen LogP contribution >= 0.6 is 11.3 Å². The number of rotatable bonds is 7. The lowest BCUT2D eigenvalue weighted by Crippen LogP contribution is -2.03. The first kappa shape index (κ1) is 15.8. The minimum absolute atomic E-state index is 0.0796. The molecule has 0 aliphatic carbocycles. The van der Waals surface area contributed by atoms with Crippen molar-refractivity contribution in [2.75, 3.05) is 6.61 Å². The zero-order valence-corrected chi connectivity index (χ0v) is 13.5. The molecule has 0 unspecified atom stereocenters. The summed E-state index contributed by atoms with van der Waals surface area (Å²) in [5, 5.41) is 0. The van der Waals surface area contributed by atoms with Crippen molar-refractivity contribution in [1.82, 2.24) is 0 Å². The molecule has 0 spiro atoms. The molecule has 1 aromatic heterocycles. The van der Waals surface area contributed by atoms with Gasteiger partial charge < -0.3 is 4.74 Å². The Kier molecular flexibility index (Phi) is 6.00. The number of esters is 1. The van der Waals surface area contributed by atoms with Crippen LogP contribution in [0.25, 0.3) is 10.4 Å². The van der Waals surface area contributed by atoms with Crippen LogP contribution in [0, 0.1) is 6.92 Å². The zero-order valence-electron chi connectivity index (χ0n) is 12.7. The van der Waals surface area contributed by atoms with Crippen LogP contribution in [0.15, 0.2) is 36.4 Å². The minimum Gasteiger partial charge on any atom is -0.466 e. The number of thiophene rings is 1. The normalized spacial score (nSPS) is 10.6. The maximum atomic E-state index is 11.3. The SMILES string of the molecule is CCOC(=O)CCCCc1ccc(-c2ccc(C)cc2)s1. The van der Waals surface area contributed by atoms with Gasteiger partial charge in [0, 0.05) is 16.2 Å². The van der Waals surface area contributed by atoms with Gasteiger partial charge >= 0.3 is 5.97 Å². The summed E-state index contributed by atoms with van der Waals surface area (Å²) in [6.45, 7) is 4.42. The van der Waals surface area contributed by atoms with E-state index in [-0.39, 0.29) is 5.97 Å². The second-order valence-electron chi connectivity index (χ2n) is 5.14. The van der Waals surface area contributed by atoms with E-state index in [2.05, 4.69) is 43.3 Å². The molecule has 0 bridgehead atoms. The Morgan fingerprint density at radius 2 is 1.86 bits per heavy atom. The van der Waals surface area contributed by atoms with Gasteiger partial charge in [0.2, 0.25) is 0 Å². The van der Waals surface area contributed by atoms with Gasteiger partial charge in [-0.3, -0.25) is 4.79 Å². The molecule has 0 radical (unpaired) electrons. The molecule has 2 aromatic rings. The van der Waals surface area contributed by atoms with E-state index >= 15 is 0 Å². The highest BCUT2D eigenvalue weighted by atomic mass is 32.1. The first-order valence-corrected chi connectivity index (χ1v) is 8.32. The van der Waals surface area contributed by atoms with Crippen molar-refractivity contribution < 1.29 is 9.53 Å². The summed E-state index contributed by atoms with van der Waals surface area (Å²) >= 11 is 1.84. The van der Waals surface area contributed by atoms with E-state index in [1.165, 1.54) is 20.9 Å². The average Bonchev–Trinajstić information content (AvgIpc) is 2.93. The molecule has 0 saturated heterocycles. The minimum atomic E-state index is -0.0796. The Bertz CT molecular complexity index is 569. The number of hydrogen-bond donors (Lipinski definition) is 0. The van der Waals surface area contributed by atoms with E-state index < -0.39 is 0 Å². The Hall–Kier alpha value is -1.61. The standard InChI is InChI=1S/C18H22O2S/c1-3-20-18(19)7-5-4-6-16-12-13-17(21-16)15-10-8-14(2)9-11-15/h8-13H,3-7H2,1-2H3. The fourth-order valence-electron chi connectivity index (χ4n) is 2.19. The van der Waals surface area contributed by atoms with Crippen LogP contribution in [0.5, 0.6) is 0 Å². The third kappa shape index (κ3) is 5.01. The van der Waals surface area contributed by atoms with Gasteiger partial charge in [0.1, 0.15) is 0 Å². The molecule has 0 fully saturated rings. The molecule has 0 saturated carbocycles. The summed E-state index contributed by atoms with van der Waals surface area (Å²) in [5.74, 6) is -0.0796. The van der Waals surface area contributed by atoms with Crippen molar-refractivity contribution in [2.45, 2.75) is 39.5 Å². The van der Waals surface area contributed by atoms with Gasteiger partial charge in [-0.1, -0.05) is 29.8 Å². The van der Waals surface area contributed by atoms with Gasteiger partial charge in [-0.05, 0) is 50.8 Å². The van der Waals surface area contributed by atoms with E-state index in [0.717, 1.165) is 19.3 Å². The molecule has 0 amide bonds. The van der Waals surface area contributed by atoms with Crippen molar-refractivity contribution in [3.05, 3.63) is 46.8 Å². The largest absolute Gasteiger partial charge is 0.466 e. The van der Waals surface area contributed by atoms with Crippen molar-refractivity contribution in [2.24, 2.45) is 0 Å². The predicted octanol–water partition coefficient (Wildman–Crippen LogP) is 5.00. The van der Waals surface area contributed by atoms with Crippen molar-refractivity contribution >= 4 is 17.3 Å². The van der Waals surface area contributed by atoms with Crippen LogP contribution < -0.4 is 0 Å². The molecular formula is C18H22O2S. The monoisotopic (exact) mass is 302 g/mol. The molecule has 112 valence electrons. The lowest BCUT2D eigenvalue weighted by atomic mass is 10.1. The van der Waals surface area contributed by atoms with Gasteiger partial charge in [0.25, 0.3) is 0 Å². The molecule has 2 nitrogen and oxygen atoms in total. The van der Waals surface area contributed by atoms with Crippen molar-refractivity contribution in [1.29, 1.82) is 0 Å². The second kappa shape index (κ2) is 7.99. The van der Waals surface area contributed by atoms with Crippen molar-refractivity contribution in [3.8, 4) is 10.4 Å². The Morgan fingerprint density at radius 3 is 2.57 bits per heavy atom.